The summed E-state index contributed by atoms with van der Waals surface area (Å²) in [5, 5.41) is 9.76. The van der Waals surface area contributed by atoms with Crippen molar-refractivity contribution in [3.8, 4) is 16.3 Å². The average Bonchev–Trinajstić information content (AvgIpc) is 3.63. The normalized spacial score (nSPS) is 17.2. The molecule has 35 heavy (non-hydrogen) atoms. The third-order valence-corrected chi connectivity index (χ3v) is 7.66. The molecule has 7 nitrogen and oxygen atoms in total. The van der Waals surface area contributed by atoms with E-state index >= 15 is 0 Å². The van der Waals surface area contributed by atoms with Gasteiger partial charge in [0.25, 0.3) is 5.91 Å². The van der Waals surface area contributed by atoms with Crippen molar-refractivity contribution >= 4 is 44.8 Å². The predicted octanol–water partition coefficient (Wildman–Crippen LogP) is 4.96. The maximum Gasteiger partial charge on any atom is 0.250 e. The zero-order valence-corrected chi connectivity index (χ0v) is 21.0. The zero-order chi connectivity index (χ0) is 23.9. The molecule has 0 bridgehead atoms. The van der Waals surface area contributed by atoms with Gasteiger partial charge in [-0.2, -0.15) is 5.10 Å². The summed E-state index contributed by atoms with van der Waals surface area (Å²) in [6.07, 6.45) is 2.52. The van der Waals surface area contributed by atoms with Gasteiger partial charge >= 0.3 is 0 Å². The summed E-state index contributed by atoms with van der Waals surface area (Å²) in [6, 6.07) is 17.9. The van der Waals surface area contributed by atoms with Crippen molar-refractivity contribution in [2.45, 2.75) is 19.1 Å². The molecule has 2 aliphatic rings. The van der Waals surface area contributed by atoms with Gasteiger partial charge in [0.15, 0.2) is 6.23 Å². The van der Waals surface area contributed by atoms with Gasteiger partial charge in [-0.15, -0.1) is 11.3 Å². The Balaban J connectivity index is 1.30. The number of ether oxygens (including phenoxy) is 1. The van der Waals surface area contributed by atoms with Crippen molar-refractivity contribution in [1.29, 1.82) is 0 Å². The number of anilines is 1. The largest absolute Gasteiger partial charge is 0.344 e. The molecule has 0 spiro atoms. The molecule has 4 aromatic rings. The number of carbonyl (C=O) groups is 2. The fourth-order valence-corrected chi connectivity index (χ4v) is 5.54. The molecule has 1 unspecified atom stereocenters. The minimum absolute atomic E-state index is 0.0178. The molecule has 2 aliphatic heterocycles. The molecular formula is C26H21BrN4O3S. The molecule has 2 aromatic heterocycles. The van der Waals surface area contributed by atoms with Crippen molar-refractivity contribution in [2.75, 3.05) is 18.5 Å². The number of nitrogens with zero attached hydrogens (tertiary/aromatic N) is 3. The SMILES string of the molecule is O=C1Cc2cc(CCN3C(=O)COC3c3cn(-c4ccc(Br)cc4)nc3-c3cccs3)ccc2N1. The highest BCUT2D eigenvalue weighted by atomic mass is 79.9. The Morgan fingerprint density at radius 2 is 2.00 bits per heavy atom. The minimum Gasteiger partial charge on any atom is -0.344 e. The number of halogens is 1. The second kappa shape index (κ2) is 9.07. The van der Waals surface area contributed by atoms with Gasteiger partial charge in [0, 0.05) is 28.5 Å². The van der Waals surface area contributed by atoms with E-state index < -0.39 is 6.23 Å². The first-order valence-corrected chi connectivity index (χ1v) is 12.9. The van der Waals surface area contributed by atoms with E-state index in [0.717, 1.165) is 43.1 Å². The summed E-state index contributed by atoms with van der Waals surface area (Å²) in [5.74, 6) is -0.0225. The van der Waals surface area contributed by atoms with Crippen LogP contribution in [0.4, 0.5) is 5.69 Å². The van der Waals surface area contributed by atoms with Crippen LogP contribution in [0.1, 0.15) is 22.9 Å². The summed E-state index contributed by atoms with van der Waals surface area (Å²) < 4.78 is 8.85. The smallest absolute Gasteiger partial charge is 0.250 e. The van der Waals surface area contributed by atoms with Crippen LogP contribution in [0.5, 0.6) is 0 Å². The number of benzene rings is 2. The van der Waals surface area contributed by atoms with Gasteiger partial charge in [-0.1, -0.05) is 34.1 Å². The molecule has 2 aromatic carbocycles. The Morgan fingerprint density at radius 3 is 2.80 bits per heavy atom. The first kappa shape index (κ1) is 22.2. The number of carbonyl (C=O) groups excluding carboxylic acids is 2. The van der Waals surface area contributed by atoms with Crippen LogP contribution in [-0.2, 0) is 27.2 Å². The molecule has 0 saturated carbocycles. The van der Waals surface area contributed by atoms with Crippen molar-refractivity contribution in [1.82, 2.24) is 14.7 Å². The number of fused-ring (bicyclic) bond motifs is 1. The fraction of sp³-hybridized carbons (Fsp3) is 0.192. The highest BCUT2D eigenvalue weighted by Gasteiger charge is 2.36. The Morgan fingerprint density at radius 1 is 1.14 bits per heavy atom. The second-order valence-electron chi connectivity index (χ2n) is 8.55. The molecule has 9 heteroatoms. The Kier molecular flexibility index (Phi) is 5.75. The predicted molar refractivity (Wildman–Crippen MR) is 137 cm³/mol. The number of rotatable bonds is 6. The lowest BCUT2D eigenvalue weighted by Gasteiger charge is -2.23. The lowest BCUT2D eigenvalue weighted by molar-refractivity contribution is -0.128. The van der Waals surface area contributed by atoms with Gasteiger partial charge in [0.2, 0.25) is 5.91 Å². The number of nitrogens with one attached hydrogen (secondary N) is 1. The van der Waals surface area contributed by atoms with Gasteiger partial charge in [-0.3, -0.25) is 9.59 Å². The van der Waals surface area contributed by atoms with Crippen molar-refractivity contribution in [2.24, 2.45) is 0 Å². The topological polar surface area (TPSA) is 76.5 Å². The quantitative estimate of drug-likeness (QED) is 0.369. The molecule has 1 atom stereocenters. The van der Waals surface area contributed by atoms with Gasteiger partial charge in [-0.25, -0.2) is 4.68 Å². The van der Waals surface area contributed by atoms with Gasteiger partial charge in [-0.05, 0) is 59.3 Å². The lowest BCUT2D eigenvalue weighted by Crippen LogP contribution is -2.30. The second-order valence-corrected chi connectivity index (χ2v) is 10.4. The monoisotopic (exact) mass is 548 g/mol. The molecule has 4 heterocycles. The number of hydrogen-bond donors (Lipinski definition) is 1. The summed E-state index contributed by atoms with van der Waals surface area (Å²) in [4.78, 5) is 27.3. The zero-order valence-electron chi connectivity index (χ0n) is 18.6. The van der Waals surface area contributed by atoms with E-state index in [1.54, 1.807) is 16.2 Å². The van der Waals surface area contributed by atoms with Gasteiger partial charge in [0.05, 0.1) is 17.0 Å². The maximum absolute atomic E-state index is 12.8. The van der Waals surface area contributed by atoms with Crippen molar-refractivity contribution in [3.63, 3.8) is 0 Å². The number of amides is 2. The highest BCUT2D eigenvalue weighted by molar-refractivity contribution is 9.10. The van der Waals surface area contributed by atoms with E-state index in [2.05, 4.69) is 21.2 Å². The maximum atomic E-state index is 12.8. The van der Waals surface area contributed by atoms with E-state index in [1.807, 2.05) is 70.9 Å². The lowest BCUT2D eigenvalue weighted by atomic mass is 10.1. The molecule has 1 saturated heterocycles. The molecular weight excluding hydrogens is 528 g/mol. The molecule has 0 aliphatic carbocycles. The molecule has 2 amide bonds. The molecule has 0 radical (unpaired) electrons. The first-order chi connectivity index (χ1) is 17.0. The summed E-state index contributed by atoms with van der Waals surface area (Å²) in [6.45, 7) is 0.553. The highest BCUT2D eigenvalue weighted by Crippen LogP contribution is 2.37. The molecule has 176 valence electrons. The Hall–Kier alpha value is -3.27. The van der Waals surface area contributed by atoms with Crippen LogP contribution in [0, 0.1) is 0 Å². The van der Waals surface area contributed by atoms with Gasteiger partial charge in [0.1, 0.15) is 12.3 Å². The number of thiophene rings is 1. The molecule has 6 rings (SSSR count). The van der Waals surface area contributed by atoms with Crippen LogP contribution in [0.2, 0.25) is 0 Å². The molecule has 1 N–H and O–H groups in total. The number of hydrogen-bond acceptors (Lipinski definition) is 5. The first-order valence-electron chi connectivity index (χ1n) is 11.3. The summed E-state index contributed by atoms with van der Waals surface area (Å²) in [7, 11) is 0. The summed E-state index contributed by atoms with van der Waals surface area (Å²) in [5.41, 5.74) is 5.57. The standard InChI is InChI=1S/C26H21BrN4O3S/c27-18-4-6-19(7-5-18)31-14-20(25(29-31)22-2-1-11-35-22)26-30(24(33)15-34-26)10-9-16-3-8-21-17(12-16)13-23(32)28-21/h1-8,11-12,14,26H,9-10,13,15H2,(H,28,32). The van der Waals surface area contributed by atoms with Crippen molar-refractivity contribution in [3.05, 3.63) is 87.3 Å². The Bertz CT molecular complexity index is 1420. The third-order valence-electron chi connectivity index (χ3n) is 6.26. The van der Waals surface area contributed by atoms with E-state index in [9.17, 15) is 9.59 Å². The van der Waals surface area contributed by atoms with Gasteiger partial charge < -0.3 is 15.0 Å². The van der Waals surface area contributed by atoms with E-state index in [-0.39, 0.29) is 18.4 Å². The average molecular weight is 549 g/mol. The Labute approximate surface area is 214 Å². The van der Waals surface area contributed by atoms with Crippen molar-refractivity contribution < 1.29 is 14.3 Å². The van der Waals surface area contributed by atoms with Crippen LogP contribution in [0.15, 0.2) is 70.6 Å². The van der Waals surface area contributed by atoms with Crippen LogP contribution in [0.25, 0.3) is 16.3 Å². The fourth-order valence-electron chi connectivity index (χ4n) is 4.54. The summed E-state index contributed by atoms with van der Waals surface area (Å²) >= 11 is 5.09. The van der Waals surface area contributed by atoms with E-state index in [1.165, 1.54) is 0 Å². The van der Waals surface area contributed by atoms with E-state index in [0.29, 0.717) is 19.4 Å². The van der Waals surface area contributed by atoms with Crippen LogP contribution < -0.4 is 5.32 Å². The van der Waals surface area contributed by atoms with Crippen LogP contribution in [-0.4, -0.2) is 39.6 Å². The minimum atomic E-state index is -0.513. The van der Waals surface area contributed by atoms with Crippen LogP contribution >= 0.6 is 27.3 Å². The van der Waals surface area contributed by atoms with E-state index in [4.69, 9.17) is 9.84 Å². The number of aromatic nitrogens is 2. The van der Waals surface area contributed by atoms with Crippen LogP contribution in [0.3, 0.4) is 0 Å². The third kappa shape index (κ3) is 4.31. The molecule has 1 fully saturated rings.